The van der Waals surface area contributed by atoms with E-state index in [9.17, 15) is 9.59 Å². The molecule has 2 amide bonds. The Labute approximate surface area is 171 Å². The molecule has 0 saturated carbocycles. The summed E-state index contributed by atoms with van der Waals surface area (Å²) >= 11 is 0. The summed E-state index contributed by atoms with van der Waals surface area (Å²) in [6.07, 6.45) is 17.3. The van der Waals surface area contributed by atoms with Crippen molar-refractivity contribution in [2.24, 2.45) is 11.7 Å². The smallest absolute Gasteiger partial charge is 0.230 e. The lowest BCUT2D eigenvalue weighted by molar-refractivity contribution is -0.137. The van der Waals surface area contributed by atoms with Crippen LogP contribution in [0.1, 0.15) is 84.0 Å². The van der Waals surface area contributed by atoms with Crippen LogP contribution in [0.25, 0.3) is 0 Å². The molecule has 0 bridgehead atoms. The first-order valence-electron chi connectivity index (χ1n) is 11.0. The Hall–Kier alpha value is -1.40. The van der Waals surface area contributed by atoms with Gasteiger partial charge in [0.1, 0.15) is 0 Å². The standard InChI is InChI=1S/C22H42N2O4/c1-2-3-4-5-6-7-8-9-10-11-12-13-14-20(19-21(23)27)22(28)24(15-17-25)16-18-26/h13-14,20,25-26H,2-12,15-19H2,1H3,(H2,23,27). The molecule has 0 fully saturated rings. The average molecular weight is 399 g/mol. The summed E-state index contributed by atoms with van der Waals surface area (Å²) in [5.41, 5.74) is 5.27. The topological polar surface area (TPSA) is 104 Å². The van der Waals surface area contributed by atoms with Gasteiger partial charge in [-0.15, -0.1) is 0 Å². The SMILES string of the molecule is CCCCCCCCCCCCC=CC(CC(N)=O)C(=O)N(CCO)CCO. The van der Waals surface area contributed by atoms with Crippen molar-refractivity contribution in [2.45, 2.75) is 84.0 Å². The monoisotopic (exact) mass is 398 g/mol. The Morgan fingerprint density at radius 1 is 0.893 bits per heavy atom. The molecule has 0 aromatic rings. The number of nitrogens with zero attached hydrogens (tertiary/aromatic N) is 1. The van der Waals surface area contributed by atoms with Crippen LogP contribution in [0.15, 0.2) is 12.2 Å². The van der Waals surface area contributed by atoms with E-state index in [-0.39, 0.29) is 38.6 Å². The molecule has 0 aliphatic heterocycles. The highest BCUT2D eigenvalue weighted by Gasteiger charge is 2.23. The van der Waals surface area contributed by atoms with E-state index in [1.165, 1.54) is 62.7 Å². The summed E-state index contributed by atoms with van der Waals surface area (Å²) < 4.78 is 0. The average Bonchev–Trinajstić information content (AvgIpc) is 2.67. The molecule has 0 rings (SSSR count). The van der Waals surface area contributed by atoms with E-state index in [1.807, 2.05) is 6.08 Å². The molecule has 164 valence electrons. The van der Waals surface area contributed by atoms with Crippen LogP contribution >= 0.6 is 0 Å². The predicted octanol–water partition coefficient (Wildman–Crippen LogP) is 3.16. The quantitative estimate of drug-likeness (QED) is 0.230. The summed E-state index contributed by atoms with van der Waals surface area (Å²) in [7, 11) is 0. The number of aliphatic hydroxyl groups excluding tert-OH is 2. The van der Waals surface area contributed by atoms with E-state index in [0.717, 1.165) is 12.8 Å². The first-order valence-corrected chi connectivity index (χ1v) is 11.0. The van der Waals surface area contributed by atoms with Crippen LogP contribution in [0.2, 0.25) is 0 Å². The highest BCUT2D eigenvalue weighted by atomic mass is 16.3. The van der Waals surface area contributed by atoms with Gasteiger partial charge in [-0.2, -0.15) is 0 Å². The Morgan fingerprint density at radius 3 is 1.86 bits per heavy atom. The second kappa shape index (κ2) is 18.9. The minimum atomic E-state index is -0.626. The van der Waals surface area contributed by atoms with Crippen LogP contribution < -0.4 is 5.73 Å². The van der Waals surface area contributed by atoms with Gasteiger partial charge in [-0.1, -0.05) is 76.9 Å². The number of carbonyl (C=O) groups is 2. The normalized spacial score (nSPS) is 12.4. The summed E-state index contributed by atoms with van der Waals surface area (Å²) in [6.45, 7) is 2.15. The first-order chi connectivity index (χ1) is 13.6. The first kappa shape index (κ1) is 26.6. The Kier molecular flexibility index (Phi) is 18.0. The van der Waals surface area contributed by atoms with Crippen LogP contribution in [0.3, 0.4) is 0 Å². The van der Waals surface area contributed by atoms with Crippen molar-refractivity contribution >= 4 is 11.8 Å². The van der Waals surface area contributed by atoms with E-state index in [1.54, 1.807) is 6.08 Å². The molecule has 0 aromatic heterocycles. The van der Waals surface area contributed by atoms with E-state index in [4.69, 9.17) is 15.9 Å². The van der Waals surface area contributed by atoms with E-state index in [0.29, 0.717) is 0 Å². The largest absolute Gasteiger partial charge is 0.395 e. The summed E-state index contributed by atoms with van der Waals surface area (Å²) in [4.78, 5) is 25.2. The van der Waals surface area contributed by atoms with Crippen LogP contribution in [-0.2, 0) is 9.59 Å². The third kappa shape index (κ3) is 14.6. The molecule has 1 atom stereocenters. The molecule has 6 heteroatoms. The van der Waals surface area contributed by atoms with Crippen molar-refractivity contribution in [1.82, 2.24) is 4.90 Å². The molecule has 6 nitrogen and oxygen atoms in total. The molecular formula is C22H42N2O4. The van der Waals surface area contributed by atoms with Gasteiger partial charge in [0.05, 0.1) is 19.1 Å². The molecule has 0 saturated heterocycles. The van der Waals surface area contributed by atoms with Crippen LogP contribution in [0.4, 0.5) is 0 Å². The Bertz CT molecular complexity index is 421. The van der Waals surface area contributed by atoms with Crippen molar-refractivity contribution in [2.75, 3.05) is 26.3 Å². The van der Waals surface area contributed by atoms with Crippen molar-refractivity contribution in [3.05, 3.63) is 12.2 Å². The van der Waals surface area contributed by atoms with E-state index in [2.05, 4.69) is 6.92 Å². The number of hydrogen-bond acceptors (Lipinski definition) is 4. The van der Waals surface area contributed by atoms with Crippen molar-refractivity contribution < 1.29 is 19.8 Å². The van der Waals surface area contributed by atoms with E-state index >= 15 is 0 Å². The number of hydrogen-bond donors (Lipinski definition) is 3. The molecular weight excluding hydrogens is 356 g/mol. The fourth-order valence-corrected chi connectivity index (χ4v) is 3.27. The minimum Gasteiger partial charge on any atom is -0.395 e. The van der Waals surface area contributed by atoms with Gasteiger partial charge in [0.25, 0.3) is 0 Å². The van der Waals surface area contributed by atoms with Crippen LogP contribution in [0, 0.1) is 5.92 Å². The molecule has 0 radical (unpaired) electrons. The fourth-order valence-electron chi connectivity index (χ4n) is 3.27. The lowest BCUT2D eigenvalue weighted by Crippen LogP contribution is -2.40. The number of allylic oxidation sites excluding steroid dienone is 1. The lowest BCUT2D eigenvalue weighted by Gasteiger charge is -2.24. The van der Waals surface area contributed by atoms with Gasteiger partial charge in [0, 0.05) is 19.5 Å². The highest BCUT2D eigenvalue weighted by molar-refractivity contribution is 5.86. The van der Waals surface area contributed by atoms with Crippen LogP contribution in [-0.4, -0.2) is 53.2 Å². The summed E-state index contributed by atoms with van der Waals surface area (Å²) in [6, 6.07) is 0. The molecule has 0 spiro atoms. The zero-order valence-electron chi connectivity index (χ0n) is 17.8. The third-order valence-electron chi connectivity index (χ3n) is 4.88. The Morgan fingerprint density at radius 2 is 1.39 bits per heavy atom. The maximum Gasteiger partial charge on any atom is 0.230 e. The zero-order valence-corrected chi connectivity index (χ0v) is 17.8. The van der Waals surface area contributed by atoms with Gasteiger partial charge >= 0.3 is 0 Å². The third-order valence-corrected chi connectivity index (χ3v) is 4.88. The second-order valence-corrected chi connectivity index (χ2v) is 7.45. The molecule has 0 aliphatic carbocycles. The molecule has 4 N–H and O–H groups in total. The molecule has 0 heterocycles. The van der Waals surface area contributed by atoms with Gasteiger partial charge in [0.2, 0.25) is 11.8 Å². The molecule has 0 aliphatic rings. The summed E-state index contributed by atoms with van der Waals surface area (Å²) in [5.74, 6) is -1.44. The number of primary amides is 1. The maximum absolute atomic E-state index is 12.5. The van der Waals surface area contributed by atoms with Crippen molar-refractivity contribution in [1.29, 1.82) is 0 Å². The number of nitrogens with two attached hydrogens (primary N) is 1. The Balaban J connectivity index is 4.13. The van der Waals surface area contributed by atoms with Crippen molar-refractivity contribution in [3.63, 3.8) is 0 Å². The number of unbranched alkanes of at least 4 members (excludes halogenated alkanes) is 10. The van der Waals surface area contributed by atoms with Gasteiger partial charge in [-0.3, -0.25) is 9.59 Å². The van der Waals surface area contributed by atoms with Crippen molar-refractivity contribution in [3.8, 4) is 0 Å². The lowest BCUT2D eigenvalue weighted by atomic mass is 10.0. The van der Waals surface area contributed by atoms with Crippen LogP contribution in [0.5, 0.6) is 0 Å². The predicted molar refractivity (Wildman–Crippen MR) is 114 cm³/mol. The second-order valence-electron chi connectivity index (χ2n) is 7.45. The van der Waals surface area contributed by atoms with E-state index < -0.39 is 11.8 Å². The van der Waals surface area contributed by atoms with Gasteiger partial charge in [-0.05, 0) is 12.8 Å². The highest BCUT2D eigenvalue weighted by Crippen LogP contribution is 2.14. The van der Waals surface area contributed by atoms with Gasteiger partial charge in [0.15, 0.2) is 0 Å². The zero-order chi connectivity index (χ0) is 21.0. The van der Waals surface area contributed by atoms with Gasteiger partial charge < -0.3 is 20.8 Å². The maximum atomic E-state index is 12.5. The number of aliphatic hydroxyl groups is 2. The number of carbonyl (C=O) groups excluding carboxylic acids is 2. The molecule has 1 unspecified atom stereocenters. The molecule has 28 heavy (non-hydrogen) atoms. The summed E-state index contributed by atoms with van der Waals surface area (Å²) in [5, 5.41) is 18.2. The number of amides is 2. The minimum absolute atomic E-state index is 0.0548. The fraction of sp³-hybridized carbons (Fsp3) is 0.818. The molecule has 0 aromatic carbocycles. The van der Waals surface area contributed by atoms with Gasteiger partial charge in [-0.25, -0.2) is 0 Å². The number of rotatable bonds is 19.